The van der Waals surface area contributed by atoms with Gasteiger partial charge in [0.15, 0.2) is 0 Å². The minimum atomic E-state index is -4.48. The maximum Gasteiger partial charge on any atom is 0.471 e. The molecule has 3 rings (SSSR count). The van der Waals surface area contributed by atoms with Crippen LogP contribution in [0.5, 0.6) is 0 Å². The first kappa shape index (κ1) is 12.4. The third kappa shape index (κ3) is 2.29. The molecular formula is C13H12NO4P. The van der Waals surface area contributed by atoms with Gasteiger partial charge < -0.3 is 14.4 Å². The van der Waals surface area contributed by atoms with Crippen LogP contribution in [-0.2, 0) is 15.8 Å². The minimum Gasteiger partial charge on any atom is -0.316 e. The number of hydrogen-bond acceptors (Lipinski definition) is 2. The fraction of sp³-hybridized carbons (Fsp3) is 0.0769. The van der Waals surface area contributed by atoms with Crippen molar-refractivity contribution in [1.82, 2.24) is 4.57 Å². The SMILES string of the molecule is O=P(O)(O)OCn1c2ccccc2c2ccccc21. The van der Waals surface area contributed by atoms with Crippen molar-refractivity contribution in [1.29, 1.82) is 0 Å². The second-order valence-electron chi connectivity index (χ2n) is 4.21. The summed E-state index contributed by atoms with van der Waals surface area (Å²) in [5.41, 5.74) is 1.77. The fourth-order valence-corrected chi connectivity index (χ4v) is 2.54. The molecule has 0 saturated heterocycles. The molecule has 0 atom stereocenters. The van der Waals surface area contributed by atoms with E-state index >= 15 is 0 Å². The molecule has 0 fully saturated rings. The van der Waals surface area contributed by atoms with Crippen molar-refractivity contribution in [3.05, 3.63) is 48.5 Å². The number of aromatic nitrogens is 1. The Labute approximate surface area is 109 Å². The van der Waals surface area contributed by atoms with Gasteiger partial charge in [-0.25, -0.2) is 4.57 Å². The molecular weight excluding hydrogens is 265 g/mol. The zero-order chi connectivity index (χ0) is 13.5. The summed E-state index contributed by atoms with van der Waals surface area (Å²) in [5.74, 6) is 0. The molecule has 1 heterocycles. The summed E-state index contributed by atoms with van der Waals surface area (Å²) in [7, 11) is -4.48. The number of rotatable bonds is 3. The van der Waals surface area contributed by atoms with Gasteiger partial charge in [0.2, 0.25) is 0 Å². The zero-order valence-electron chi connectivity index (χ0n) is 9.93. The van der Waals surface area contributed by atoms with E-state index in [1.165, 1.54) is 0 Å². The summed E-state index contributed by atoms with van der Waals surface area (Å²) >= 11 is 0. The standard InChI is InChI=1S/C13H12NO4P/c15-19(16,17)18-9-14-12-7-3-1-5-10(12)11-6-2-4-8-13(11)14/h1-8H,9H2,(H2,15,16,17). The lowest BCUT2D eigenvalue weighted by Crippen LogP contribution is -2.00. The highest BCUT2D eigenvalue weighted by Gasteiger charge is 2.16. The van der Waals surface area contributed by atoms with Crippen LogP contribution < -0.4 is 0 Å². The van der Waals surface area contributed by atoms with Crippen LogP contribution >= 0.6 is 7.82 Å². The first-order valence-electron chi connectivity index (χ1n) is 5.72. The maximum absolute atomic E-state index is 10.9. The third-order valence-electron chi connectivity index (χ3n) is 3.03. The topological polar surface area (TPSA) is 71.7 Å². The van der Waals surface area contributed by atoms with Gasteiger partial charge in [-0.1, -0.05) is 36.4 Å². The van der Waals surface area contributed by atoms with Crippen molar-refractivity contribution in [3.63, 3.8) is 0 Å². The van der Waals surface area contributed by atoms with E-state index in [0.717, 1.165) is 21.8 Å². The lowest BCUT2D eigenvalue weighted by Gasteiger charge is -2.09. The molecule has 0 bridgehead atoms. The summed E-state index contributed by atoms with van der Waals surface area (Å²) in [6.07, 6.45) is 0. The predicted molar refractivity (Wildman–Crippen MR) is 72.6 cm³/mol. The summed E-state index contributed by atoms with van der Waals surface area (Å²) < 4.78 is 17.2. The van der Waals surface area contributed by atoms with Gasteiger partial charge in [0.05, 0.1) is 11.0 Å². The molecule has 0 radical (unpaired) electrons. The average molecular weight is 277 g/mol. The number of phosphoric ester groups is 1. The van der Waals surface area contributed by atoms with Gasteiger partial charge in [-0.3, -0.25) is 4.52 Å². The second-order valence-corrected chi connectivity index (χ2v) is 5.45. The monoisotopic (exact) mass is 277 g/mol. The minimum absolute atomic E-state index is 0.182. The van der Waals surface area contributed by atoms with Crippen molar-refractivity contribution in [2.24, 2.45) is 0 Å². The Kier molecular flexibility index (Phi) is 2.92. The van der Waals surface area contributed by atoms with Gasteiger partial charge in [-0.15, -0.1) is 0 Å². The number of fused-ring (bicyclic) bond motifs is 3. The molecule has 98 valence electrons. The van der Waals surface area contributed by atoms with Crippen LogP contribution in [-0.4, -0.2) is 14.4 Å². The first-order valence-corrected chi connectivity index (χ1v) is 7.25. The molecule has 19 heavy (non-hydrogen) atoms. The van der Waals surface area contributed by atoms with Gasteiger partial charge in [-0.2, -0.15) is 0 Å². The summed E-state index contributed by atoms with van der Waals surface area (Å²) in [6, 6.07) is 15.4. The van der Waals surface area contributed by atoms with E-state index in [2.05, 4.69) is 4.52 Å². The Hall–Kier alpha value is -1.65. The molecule has 6 heteroatoms. The first-order chi connectivity index (χ1) is 9.06. The van der Waals surface area contributed by atoms with Crippen LogP contribution in [0.4, 0.5) is 0 Å². The lowest BCUT2D eigenvalue weighted by atomic mass is 10.2. The molecule has 0 amide bonds. The molecule has 2 aromatic carbocycles. The van der Waals surface area contributed by atoms with Crippen LogP contribution in [0.15, 0.2) is 48.5 Å². The Morgan fingerprint density at radius 2 is 1.42 bits per heavy atom. The molecule has 0 saturated carbocycles. The predicted octanol–water partition coefficient (Wildman–Crippen LogP) is 2.86. The van der Waals surface area contributed by atoms with Crippen molar-refractivity contribution < 1.29 is 18.9 Å². The van der Waals surface area contributed by atoms with Crippen LogP contribution in [0.1, 0.15) is 0 Å². The van der Waals surface area contributed by atoms with Crippen LogP contribution in [0.2, 0.25) is 0 Å². The Bertz CT molecular complexity index is 736. The fourth-order valence-electron chi connectivity index (χ4n) is 2.28. The molecule has 2 N–H and O–H groups in total. The number of hydrogen-bond donors (Lipinski definition) is 2. The quantitative estimate of drug-likeness (QED) is 0.722. The highest BCUT2D eigenvalue weighted by atomic mass is 31.2. The normalized spacial score (nSPS) is 12.3. The van der Waals surface area contributed by atoms with E-state index in [1.54, 1.807) is 4.57 Å². The van der Waals surface area contributed by atoms with Crippen LogP contribution in [0.3, 0.4) is 0 Å². The van der Waals surface area contributed by atoms with Crippen molar-refractivity contribution in [3.8, 4) is 0 Å². The van der Waals surface area contributed by atoms with Gasteiger partial charge in [-0.05, 0) is 12.1 Å². The van der Waals surface area contributed by atoms with E-state index in [4.69, 9.17) is 9.79 Å². The van der Waals surface area contributed by atoms with E-state index in [-0.39, 0.29) is 6.73 Å². The van der Waals surface area contributed by atoms with Gasteiger partial charge in [0.25, 0.3) is 0 Å². The average Bonchev–Trinajstić information content (AvgIpc) is 2.70. The second kappa shape index (κ2) is 4.47. The number of phosphoric acid groups is 1. The molecule has 0 spiro atoms. The maximum atomic E-state index is 10.9. The molecule has 0 aliphatic rings. The van der Waals surface area contributed by atoms with Gasteiger partial charge >= 0.3 is 7.82 Å². The van der Waals surface area contributed by atoms with E-state index < -0.39 is 7.82 Å². The van der Waals surface area contributed by atoms with E-state index in [1.807, 2.05) is 48.5 Å². The lowest BCUT2D eigenvalue weighted by molar-refractivity contribution is 0.159. The van der Waals surface area contributed by atoms with Crippen LogP contribution in [0, 0.1) is 0 Å². The Morgan fingerprint density at radius 1 is 0.947 bits per heavy atom. The zero-order valence-corrected chi connectivity index (χ0v) is 10.8. The van der Waals surface area contributed by atoms with Crippen LogP contribution in [0.25, 0.3) is 21.8 Å². The summed E-state index contributed by atoms with van der Waals surface area (Å²) in [4.78, 5) is 17.7. The number of nitrogens with zero attached hydrogens (tertiary/aromatic N) is 1. The number of para-hydroxylation sites is 2. The van der Waals surface area contributed by atoms with Crippen molar-refractivity contribution in [2.45, 2.75) is 6.73 Å². The number of benzene rings is 2. The molecule has 1 aromatic heterocycles. The Balaban J connectivity index is 2.22. The van der Waals surface area contributed by atoms with Crippen molar-refractivity contribution >= 4 is 29.6 Å². The summed E-state index contributed by atoms with van der Waals surface area (Å²) in [6.45, 7) is -0.182. The van der Waals surface area contributed by atoms with E-state index in [9.17, 15) is 4.57 Å². The highest BCUT2D eigenvalue weighted by Crippen LogP contribution is 2.37. The van der Waals surface area contributed by atoms with Crippen molar-refractivity contribution in [2.75, 3.05) is 0 Å². The molecule has 3 aromatic rings. The molecule has 0 unspecified atom stereocenters. The van der Waals surface area contributed by atoms with Gasteiger partial charge in [0, 0.05) is 10.8 Å². The highest BCUT2D eigenvalue weighted by molar-refractivity contribution is 7.46. The molecule has 0 aliphatic heterocycles. The smallest absolute Gasteiger partial charge is 0.316 e. The third-order valence-corrected chi connectivity index (χ3v) is 3.49. The Morgan fingerprint density at radius 3 is 1.89 bits per heavy atom. The molecule has 0 aliphatic carbocycles. The largest absolute Gasteiger partial charge is 0.471 e. The van der Waals surface area contributed by atoms with E-state index in [0.29, 0.717) is 0 Å². The molecule has 5 nitrogen and oxygen atoms in total. The summed E-state index contributed by atoms with van der Waals surface area (Å²) in [5, 5.41) is 2.07. The van der Waals surface area contributed by atoms with Gasteiger partial charge in [0.1, 0.15) is 6.73 Å².